The van der Waals surface area contributed by atoms with Crippen molar-refractivity contribution in [3.63, 3.8) is 0 Å². The molecule has 1 fully saturated rings. The van der Waals surface area contributed by atoms with Crippen LogP contribution >= 0.6 is 11.8 Å². The summed E-state index contributed by atoms with van der Waals surface area (Å²) in [6, 6.07) is 20.3. The second-order valence-electron chi connectivity index (χ2n) is 5.94. The number of hydrogen-bond donors (Lipinski definition) is 1. The van der Waals surface area contributed by atoms with E-state index < -0.39 is 0 Å². The van der Waals surface area contributed by atoms with Crippen molar-refractivity contribution in [2.24, 2.45) is 5.92 Å². The average molecular weight is 297 g/mol. The fourth-order valence-corrected chi connectivity index (χ4v) is 4.28. The highest BCUT2D eigenvalue weighted by molar-refractivity contribution is 7.99. The third kappa shape index (κ3) is 3.69. The standard InChI is InChI=1S/C19H23NS/c1-14-7-6-10-16(11-14)21-13-19(20-2)18-12-17(18)15-8-4-3-5-9-15/h3-11,17-20H,12-13H2,1-2H3. The summed E-state index contributed by atoms with van der Waals surface area (Å²) in [5, 5.41) is 3.53. The van der Waals surface area contributed by atoms with Crippen LogP contribution in [0.5, 0.6) is 0 Å². The smallest absolute Gasteiger partial charge is 0.0193 e. The van der Waals surface area contributed by atoms with Gasteiger partial charge in [-0.1, -0.05) is 48.0 Å². The van der Waals surface area contributed by atoms with Crippen LogP contribution in [0, 0.1) is 12.8 Å². The van der Waals surface area contributed by atoms with E-state index in [9.17, 15) is 0 Å². The Hall–Kier alpha value is -1.25. The second kappa shape index (κ2) is 6.67. The van der Waals surface area contributed by atoms with Gasteiger partial charge < -0.3 is 5.32 Å². The van der Waals surface area contributed by atoms with Gasteiger partial charge in [0.15, 0.2) is 0 Å². The second-order valence-corrected chi connectivity index (χ2v) is 7.03. The molecule has 0 heterocycles. The van der Waals surface area contributed by atoms with E-state index in [1.165, 1.54) is 22.4 Å². The van der Waals surface area contributed by atoms with Crippen LogP contribution < -0.4 is 5.32 Å². The maximum Gasteiger partial charge on any atom is 0.0193 e. The third-order valence-electron chi connectivity index (χ3n) is 4.37. The Morgan fingerprint density at radius 2 is 1.95 bits per heavy atom. The van der Waals surface area contributed by atoms with Gasteiger partial charge >= 0.3 is 0 Å². The molecule has 3 unspecified atom stereocenters. The number of benzene rings is 2. The van der Waals surface area contributed by atoms with Gasteiger partial charge in [-0.3, -0.25) is 0 Å². The highest BCUT2D eigenvalue weighted by Gasteiger charge is 2.42. The fraction of sp³-hybridized carbons (Fsp3) is 0.368. The SMILES string of the molecule is CNC(CSc1cccc(C)c1)C1CC1c1ccccc1. The molecule has 1 aliphatic rings. The van der Waals surface area contributed by atoms with Gasteiger partial charge in [0.2, 0.25) is 0 Å². The van der Waals surface area contributed by atoms with Crippen molar-refractivity contribution in [1.82, 2.24) is 5.32 Å². The average Bonchev–Trinajstić information content (AvgIpc) is 3.29. The molecule has 0 spiro atoms. The maximum atomic E-state index is 3.53. The molecule has 0 saturated heterocycles. The van der Waals surface area contributed by atoms with Gasteiger partial charge in [-0.25, -0.2) is 0 Å². The summed E-state index contributed by atoms with van der Waals surface area (Å²) in [5.41, 5.74) is 2.85. The molecule has 0 aromatic heterocycles. The Bertz CT molecular complexity index is 581. The Morgan fingerprint density at radius 3 is 2.67 bits per heavy atom. The van der Waals surface area contributed by atoms with Crippen molar-refractivity contribution in [2.45, 2.75) is 30.2 Å². The van der Waals surface area contributed by atoms with Crippen molar-refractivity contribution in [2.75, 3.05) is 12.8 Å². The van der Waals surface area contributed by atoms with Gasteiger partial charge in [0.05, 0.1) is 0 Å². The van der Waals surface area contributed by atoms with Crippen LogP contribution in [0.1, 0.15) is 23.5 Å². The largest absolute Gasteiger partial charge is 0.316 e. The van der Waals surface area contributed by atoms with Gasteiger partial charge in [0.1, 0.15) is 0 Å². The van der Waals surface area contributed by atoms with E-state index in [4.69, 9.17) is 0 Å². The summed E-state index contributed by atoms with van der Waals surface area (Å²) >= 11 is 1.97. The summed E-state index contributed by atoms with van der Waals surface area (Å²) < 4.78 is 0. The first-order valence-electron chi connectivity index (χ1n) is 7.69. The Morgan fingerprint density at radius 1 is 1.14 bits per heavy atom. The number of aryl methyl sites for hydroxylation is 1. The maximum absolute atomic E-state index is 3.53. The summed E-state index contributed by atoms with van der Waals surface area (Å²) in [5.74, 6) is 2.69. The lowest BCUT2D eigenvalue weighted by Crippen LogP contribution is -2.30. The molecule has 2 aromatic carbocycles. The fourth-order valence-electron chi connectivity index (χ4n) is 3.05. The third-order valence-corrected chi connectivity index (χ3v) is 5.49. The molecule has 2 heteroatoms. The van der Waals surface area contributed by atoms with Crippen LogP contribution in [-0.4, -0.2) is 18.8 Å². The minimum absolute atomic E-state index is 0.598. The molecule has 1 aliphatic carbocycles. The molecule has 0 bridgehead atoms. The van der Waals surface area contributed by atoms with Gasteiger partial charge in [-0.15, -0.1) is 11.8 Å². The zero-order chi connectivity index (χ0) is 14.7. The van der Waals surface area contributed by atoms with Crippen LogP contribution in [-0.2, 0) is 0 Å². The van der Waals surface area contributed by atoms with Crippen LogP contribution in [0.15, 0.2) is 59.5 Å². The van der Waals surface area contributed by atoms with Crippen molar-refractivity contribution in [1.29, 1.82) is 0 Å². The molecule has 1 saturated carbocycles. The lowest BCUT2D eigenvalue weighted by atomic mass is 10.1. The highest BCUT2D eigenvalue weighted by Crippen LogP contribution is 2.50. The van der Waals surface area contributed by atoms with E-state index >= 15 is 0 Å². The molecular formula is C19H23NS. The first-order chi connectivity index (χ1) is 10.3. The van der Waals surface area contributed by atoms with Gasteiger partial charge in [-0.2, -0.15) is 0 Å². The van der Waals surface area contributed by atoms with Gasteiger partial charge in [0.25, 0.3) is 0 Å². The summed E-state index contributed by atoms with van der Waals surface area (Å²) in [6.07, 6.45) is 1.32. The molecule has 1 N–H and O–H groups in total. The van der Waals surface area contributed by atoms with E-state index in [1.807, 2.05) is 11.8 Å². The molecule has 1 nitrogen and oxygen atoms in total. The van der Waals surface area contributed by atoms with E-state index in [0.29, 0.717) is 6.04 Å². The highest BCUT2D eigenvalue weighted by atomic mass is 32.2. The van der Waals surface area contributed by atoms with Crippen molar-refractivity contribution < 1.29 is 0 Å². The number of nitrogens with one attached hydrogen (secondary N) is 1. The first kappa shape index (κ1) is 14.7. The van der Waals surface area contributed by atoms with Crippen LogP contribution in [0.3, 0.4) is 0 Å². The van der Waals surface area contributed by atoms with E-state index in [0.717, 1.165) is 17.6 Å². The molecule has 2 aromatic rings. The van der Waals surface area contributed by atoms with Gasteiger partial charge in [-0.05, 0) is 49.9 Å². The molecule has 0 aliphatic heterocycles. The van der Waals surface area contributed by atoms with Crippen molar-refractivity contribution >= 4 is 11.8 Å². The summed E-state index contributed by atoms with van der Waals surface area (Å²) in [7, 11) is 2.10. The minimum Gasteiger partial charge on any atom is -0.316 e. The summed E-state index contributed by atoms with van der Waals surface area (Å²) in [4.78, 5) is 1.38. The molecule has 21 heavy (non-hydrogen) atoms. The Kier molecular flexibility index (Phi) is 4.67. The van der Waals surface area contributed by atoms with E-state index in [1.54, 1.807) is 0 Å². The van der Waals surface area contributed by atoms with Crippen LogP contribution in [0.4, 0.5) is 0 Å². The lowest BCUT2D eigenvalue weighted by Gasteiger charge is -2.16. The van der Waals surface area contributed by atoms with Crippen molar-refractivity contribution in [3.8, 4) is 0 Å². The number of hydrogen-bond acceptors (Lipinski definition) is 2. The Labute approximate surface area is 132 Å². The van der Waals surface area contributed by atoms with Crippen LogP contribution in [0.25, 0.3) is 0 Å². The van der Waals surface area contributed by atoms with E-state index in [2.05, 4.69) is 73.9 Å². The summed E-state index contributed by atoms with van der Waals surface area (Å²) in [6.45, 7) is 2.16. The monoisotopic (exact) mass is 297 g/mol. The number of rotatable bonds is 6. The molecule has 0 amide bonds. The molecule has 3 atom stereocenters. The topological polar surface area (TPSA) is 12.0 Å². The Balaban J connectivity index is 1.57. The number of thioether (sulfide) groups is 1. The minimum atomic E-state index is 0.598. The predicted molar refractivity (Wildman–Crippen MR) is 92.0 cm³/mol. The van der Waals surface area contributed by atoms with Crippen molar-refractivity contribution in [3.05, 3.63) is 65.7 Å². The molecular weight excluding hydrogens is 274 g/mol. The predicted octanol–water partition coefficient (Wildman–Crippen LogP) is 4.48. The zero-order valence-electron chi connectivity index (χ0n) is 12.8. The quantitative estimate of drug-likeness (QED) is 0.789. The molecule has 0 radical (unpaired) electrons. The zero-order valence-corrected chi connectivity index (χ0v) is 13.6. The van der Waals surface area contributed by atoms with E-state index in [-0.39, 0.29) is 0 Å². The molecule has 3 rings (SSSR count). The van der Waals surface area contributed by atoms with Crippen LogP contribution in [0.2, 0.25) is 0 Å². The first-order valence-corrected chi connectivity index (χ1v) is 8.68. The molecule has 110 valence electrons. The lowest BCUT2D eigenvalue weighted by molar-refractivity contribution is 0.542. The normalized spacial score (nSPS) is 22.0. The van der Waals surface area contributed by atoms with Gasteiger partial charge in [0, 0.05) is 16.7 Å².